The van der Waals surface area contributed by atoms with E-state index in [9.17, 15) is 0 Å². The molecule has 2 aliphatic rings. The van der Waals surface area contributed by atoms with E-state index in [1.54, 1.807) is 0 Å². The van der Waals surface area contributed by atoms with E-state index in [1.165, 1.54) is 32.5 Å². The highest BCUT2D eigenvalue weighted by Gasteiger charge is 2.50. The quantitative estimate of drug-likeness (QED) is 0.814. The summed E-state index contributed by atoms with van der Waals surface area (Å²) in [7, 11) is 0. The van der Waals surface area contributed by atoms with E-state index in [0.717, 1.165) is 18.4 Å². The van der Waals surface area contributed by atoms with Gasteiger partial charge in [-0.25, -0.2) is 9.97 Å². The minimum Gasteiger partial charge on any atom is -0.334 e. The van der Waals surface area contributed by atoms with E-state index in [4.69, 9.17) is 0 Å². The third-order valence-electron chi connectivity index (χ3n) is 4.20. The van der Waals surface area contributed by atoms with E-state index in [1.807, 2.05) is 18.5 Å². The lowest BCUT2D eigenvalue weighted by atomic mass is 9.84. The zero-order valence-electron chi connectivity index (χ0n) is 11.3. The van der Waals surface area contributed by atoms with Gasteiger partial charge in [0, 0.05) is 38.6 Å². The van der Waals surface area contributed by atoms with Crippen LogP contribution in [0.15, 0.2) is 18.5 Å². The summed E-state index contributed by atoms with van der Waals surface area (Å²) in [5, 5.41) is 0. The number of hydrogen-bond acceptors (Lipinski definition) is 4. The SMILES string of the molecule is CC(C)CN1CC[C@]2(CCN2c2ncccn2)C1. The smallest absolute Gasteiger partial charge is 0.225 e. The van der Waals surface area contributed by atoms with Crippen molar-refractivity contribution in [2.45, 2.75) is 32.2 Å². The first kappa shape index (κ1) is 11.9. The van der Waals surface area contributed by atoms with Gasteiger partial charge in [-0.1, -0.05) is 13.8 Å². The largest absolute Gasteiger partial charge is 0.334 e. The molecule has 98 valence electrons. The third-order valence-corrected chi connectivity index (χ3v) is 4.20. The molecular weight excluding hydrogens is 224 g/mol. The Morgan fingerprint density at radius 1 is 1.22 bits per heavy atom. The first-order chi connectivity index (χ1) is 8.70. The average Bonchev–Trinajstić information content (AvgIpc) is 2.74. The minimum absolute atomic E-state index is 0.330. The highest BCUT2D eigenvalue weighted by atomic mass is 15.4. The van der Waals surface area contributed by atoms with Crippen molar-refractivity contribution in [3.05, 3.63) is 18.5 Å². The Hall–Kier alpha value is -1.16. The van der Waals surface area contributed by atoms with Crippen molar-refractivity contribution >= 4 is 5.95 Å². The van der Waals surface area contributed by atoms with Gasteiger partial charge in [0.25, 0.3) is 0 Å². The topological polar surface area (TPSA) is 32.3 Å². The molecule has 1 atom stereocenters. The Labute approximate surface area is 109 Å². The fraction of sp³-hybridized carbons (Fsp3) is 0.714. The van der Waals surface area contributed by atoms with Crippen LogP contribution in [-0.4, -0.2) is 46.6 Å². The molecule has 0 N–H and O–H groups in total. The first-order valence-corrected chi connectivity index (χ1v) is 6.97. The van der Waals surface area contributed by atoms with Gasteiger partial charge < -0.3 is 9.80 Å². The monoisotopic (exact) mass is 246 g/mol. The predicted molar refractivity (Wildman–Crippen MR) is 72.6 cm³/mol. The maximum atomic E-state index is 4.40. The second-order valence-corrected chi connectivity index (χ2v) is 6.05. The van der Waals surface area contributed by atoms with Crippen molar-refractivity contribution in [2.75, 3.05) is 31.1 Å². The van der Waals surface area contributed by atoms with Gasteiger partial charge in [0.2, 0.25) is 5.95 Å². The summed E-state index contributed by atoms with van der Waals surface area (Å²) in [6.45, 7) is 9.32. The summed E-state index contributed by atoms with van der Waals surface area (Å²) >= 11 is 0. The van der Waals surface area contributed by atoms with Crippen LogP contribution in [0.1, 0.15) is 26.7 Å². The maximum absolute atomic E-state index is 4.40. The molecule has 3 rings (SSSR count). The Morgan fingerprint density at radius 2 is 1.94 bits per heavy atom. The summed E-state index contributed by atoms with van der Waals surface area (Å²) in [5.74, 6) is 1.66. The molecule has 0 radical (unpaired) electrons. The zero-order valence-corrected chi connectivity index (χ0v) is 11.3. The van der Waals surface area contributed by atoms with Gasteiger partial charge in [0.1, 0.15) is 0 Å². The van der Waals surface area contributed by atoms with Crippen molar-refractivity contribution in [1.29, 1.82) is 0 Å². The number of aromatic nitrogens is 2. The molecule has 0 amide bonds. The Kier molecular flexibility index (Phi) is 2.98. The second-order valence-electron chi connectivity index (χ2n) is 6.05. The molecule has 4 nitrogen and oxygen atoms in total. The van der Waals surface area contributed by atoms with E-state index in [0.29, 0.717) is 5.54 Å². The summed E-state index contributed by atoms with van der Waals surface area (Å²) in [5.41, 5.74) is 0.330. The normalized spacial score (nSPS) is 28.1. The van der Waals surface area contributed by atoms with E-state index >= 15 is 0 Å². The Balaban J connectivity index is 1.70. The summed E-state index contributed by atoms with van der Waals surface area (Å²) in [6.07, 6.45) is 6.24. The maximum Gasteiger partial charge on any atom is 0.225 e. The van der Waals surface area contributed by atoms with Gasteiger partial charge in [0.15, 0.2) is 0 Å². The first-order valence-electron chi connectivity index (χ1n) is 6.97. The van der Waals surface area contributed by atoms with Crippen molar-refractivity contribution in [3.8, 4) is 0 Å². The van der Waals surface area contributed by atoms with E-state index < -0.39 is 0 Å². The molecule has 4 heteroatoms. The zero-order chi connectivity index (χ0) is 12.6. The summed E-state index contributed by atoms with van der Waals surface area (Å²) < 4.78 is 0. The molecule has 1 spiro atoms. The van der Waals surface area contributed by atoms with Crippen LogP contribution in [0.4, 0.5) is 5.95 Å². The van der Waals surface area contributed by atoms with Gasteiger partial charge in [-0.2, -0.15) is 0 Å². The average molecular weight is 246 g/mol. The molecule has 2 aliphatic heterocycles. The van der Waals surface area contributed by atoms with E-state index in [-0.39, 0.29) is 0 Å². The molecule has 0 bridgehead atoms. The van der Waals surface area contributed by atoms with E-state index in [2.05, 4.69) is 33.6 Å². The number of anilines is 1. The van der Waals surface area contributed by atoms with Crippen LogP contribution in [0.2, 0.25) is 0 Å². The fourth-order valence-electron chi connectivity index (χ4n) is 3.32. The number of hydrogen-bond donors (Lipinski definition) is 0. The molecule has 2 saturated heterocycles. The lowest BCUT2D eigenvalue weighted by Crippen LogP contribution is -2.62. The second kappa shape index (κ2) is 4.50. The minimum atomic E-state index is 0.330. The lowest BCUT2D eigenvalue weighted by Gasteiger charge is -2.50. The van der Waals surface area contributed by atoms with Crippen molar-refractivity contribution in [3.63, 3.8) is 0 Å². The van der Waals surface area contributed by atoms with Crippen LogP contribution >= 0.6 is 0 Å². The van der Waals surface area contributed by atoms with Crippen molar-refractivity contribution < 1.29 is 0 Å². The molecule has 0 aliphatic carbocycles. The van der Waals surface area contributed by atoms with Crippen LogP contribution in [0.25, 0.3) is 0 Å². The molecule has 1 aromatic rings. The van der Waals surface area contributed by atoms with Gasteiger partial charge in [-0.3, -0.25) is 0 Å². The third kappa shape index (κ3) is 1.99. The van der Waals surface area contributed by atoms with Crippen LogP contribution < -0.4 is 4.90 Å². The number of rotatable bonds is 3. The van der Waals surface area contributed by atoms with Crippen molar-refractivity contribution in [1.82, 2.24) is 14.9 Å². The summed E-state index contributed by atoms with van der Waals surface area (Å²) in [6, 6.07) is 1.88. The van der Waals surface area contributed by atoms with Crippen LogP contribution in [0.3, 0.4) is 0 Å². The molecule has 1 aromatic heterocycles. The van der Waals surface area contributed by atoms with Gasteiger partial charge in [0.05, 0.1) is 5.54 Å². The Morgan fingerprint density at radius 3 is 2.56 bits per heavy atom. The van der Waals surface area contributed by atoms with Crippen LogP contribution in [-0.2, 0) is 0 Å². The van der Waals surface area contributed by atoms with Crippen molar-refractivity contribution in [2.24, 2.45) is 5.92 Å². The molecule has 3 heterocycles. The summed E-state index contributed by atoms with van der Waals surface area (Å²) in [4.78, 5) is 13.8. The molecular formula is C14H22N4. The number of nitrogens with zero attached hydrogens (tertiary/aromatic N) is 4. The van der Waals surface area contributed by atoms with Crippen LogP contribution in [0, 0.1) is 5.92 Å². The van der Waals surface area contributed by atoms with Gasteiger partial charge >= 0.3 is 0 Å². The lowest BCUT2D eigenvalue weighted by molar-refractivity contribution is 0.233. The molecule has 2 fully saturated rings. The molecule has 18 heavy (non-hydrogen) atoms. The van der Waals surface area contributed by atoms with Crippen LogP contribution in [0.5, 0.6) is 0 Å². The molecule has 0 saturated carbocycles. The standard InChI is InChI=1S/C14H22N4/c1-12(2)10-17-8-4-14(11-17)5-9-18(14)13-15-6-3-7-16-13/h3,6-7,12H,4-5,8-11H2,1-2H3/t14-/m0/s1. The highest BCUT2D eigenvalue weighted by molar-refractivity contribution is 5.41. The van der Waals surface area contributed by atoms with Gasteiger partial charge in [-0.05, 0) is 24.8 Å². The molecule has 0 unspecified atom stereocenters. The molecule has 0 aromatic carbocycles. The number of likely N-dealkylation sites (tertiary alicyclic amines) is 1. The predicted octanol–water partition coefficient (Wildman–Crippen LogP) is 1.79. The van der Waals surface area contributed by atoms with Gasteiger partial charge in [-0.15, -0.1) is 0 Å². The fourth-order valence-corrected chi connectivity index (χ4v) is 3.32. The highest BCUT2D eigenvalue weighted by Crippen LogP contribution is 2.40. The Bertz CT molecular complexity index is 406.